The summed E-state index contributed by atoms with van der Waals surface area (Å²) in [5.41, 5.74) is 1.55. The van der Waals surface area contributed by atoms with Gasteiger partial charge in [0.05, 0.1) is 12.2 Å². The summed E-state index contributed by atoms with van der Waals surface area (Å²) in [6, 6.07) is 5.33. The molecule has 1 aromatic carbocycles. The van der Waals surface area contributed by atoms with Gasteiger partial charge < -0.3 is 9.88 Å². The molecule has 3 aromatic rings. The van der Waals surface area contributed by atoms with E-state index < -0.39 is 0 Å². The summed E-state index contributed by atoms with van der Waals surface area (Å²) >= 11 is 8.66. The van der Waals surface area contributed by atoms with Crippen LogP contribution in [-0.4, -0.2) is 42.5 Å². The largest absolute Gasteiger partial charge is 0.326 e. The molecule has 158 valence electrons. The monoisotopic (exact) mass is 465 g/mol. The minimum Gasteiger partial charge on any atom is -0.326 e. The first-order valence-electron chi connectivity index (χ1n) is 9.05. The van der Waals surface area contributed by atoms with Gasteiger partial charge in [0.1, 0.15) is 10.8 Å². The molecule has 0 saturated carbocycles. The number of anilines is 2. The fourth-order valence-corrected chi connectivity index (χ4v) is 3.98. The summed E-state index contributed by atoms with van der Waals surface area (Å²) in [7, 11) is 1.75. The van der Waals surface area contributed by atoms with Gasteiger partial charge in [-0.25, -0.2) is 0 Å². The minimum atomic E-state index is -0.234. The highest BCUT2D eigenvalue weighted by Crippen LogP contribution is 2.21. The molecule has 9 nitrogen and oxygen atoms in total. The number of carbonyl (C=O) groups is 2. The average Bonchev–Trinajstić information content (AvgIpc) is 3.30. The van der Waals surface area contributed by atoms with Crippen LogP contribution in [0.15, 0.2) is 23.4 Å². The number of benzene rings is 1. The number of nitrogens with zero attached hydrogens (tertiary/aromatic N) is 5. The predicted molar refractivity (Wildman–Crippen MR) is 118 cm³/mol. The topological polar surface area (TPSA) is 115 Å². The van der Waals surface area contributed by atoms with E-state index in [0.717, 1.165) is 17.0 Å². The molecule has 0 aliphatic rings. The van der Waals surface area contributed by atoms with Gasteiger partial charge in [0.2, 0.25) is 16.9 Å². The van der Waals surface area contributed by atoms with Gasteiger partial charge in [-0.2, -0.15) is 0 Å². The van der Waals surface area contributed by atoms with Gasteiger partial charge in [-0.15, -0.1) is 20.4 Å². The van der Waals surface area contributed by atoms with Gasteiger partial charge in [0.25, 0.3) is 0 Å². The van der Waals surface area contributed by atoms with Crippen LogP contribution in [0.2, 0.25) is 5.02 Å². The van der Waals surface area contributed by atoms with Crippen molar-refractivity contribution >= 4 is 57.3 Å². The smallest absolute Gasteiger partial charge is 0.236 e. The Bertz CT molecular complexity index is 1070. The van der Waals surface area contributed by atoms with Crippen LogP contribution in [0.3, 0.4) is 0 Å². The van der Waals surface area contributed by atoms with Gasteiger partial charge in [0, 0.05) is 17.8 Å². The van der Waals surface area contributed by atoms with Crippen molar-refractivity contribution in [3.05, 3.63) is 39.6 Å². The number of amides is 2. The predicted octanol–water partition coefficient (Wildman–Crippen LogP) is 3.10. The van der Waals surface area contributed by atoms with E-state index in [4.69, 9.17) is 11.6 Å². The van der Waals surface area contributed by atoms with Gasteiger partial charge in [-0.05, 0) is 31.0 Å². The molecule has 0 radical (unpaired) electrons. The number of carbonyl (C=O) groups excluding carboxylic acids is 2. The number of halogens is 1. The van der Waals surface area contributed by atoms with Gasteiger partial charge >= 0.3 is 0 Å². The van der Waals surface area contributed by atoms with Crippen LogP contribution >= 0.6 is 34.7 Å². The first-order valence-corrected chi connectivity index (χ1v) is 11.2. The maximum Gasteiger partial charge on any atom is 0.236 e. The van der Waals surface area contributed by atoms with Crippen molar-refractivity contribution in [2.45, 2.75) is 31.8 Å². The molecule has 2 heterocycles. The first-order chi connectivity index (χ1) is 14.4. The lowest BCUT2D eigenvalue weighted by atomic mass is 10.2. The molecule has 0 atom stereocenters. The SMILES string of the molecule is CCc1nnc(NC(=O)CSc2nnc(CC(=O)Nc3ccc(C)c(Cl)c3)n2C)s1. The second-order valence-electron chi connectivity index (χ2n) is 6.34. The molecule has 30 heavy (non-hydrogen) atoms. The summed E-state index contributed by atoms with van der Waals surface area (Å²) in [5, 5.41) is 24.0. The molecule has 0 aliphatic carbocycles. The van der Waals surface area contributed by atoms with E-state index >= 15 is 0 Å². The van der Waals surface area contributed by atoms with Crippen molar-refractivity contribution in [2.24, 2.45) is 7.05 Å². The lowest BCUT2D eigenvalue weighted by Gasteiger charge is -2.07. The van der Waals surface area contributed by atoms with E-state index in [-0.39, 0.29) is 24.0 Å². The van der Waals surface area contributed by atoms with Crippen LogP contribution in [0.1, 0.15) is 23.3 Å². The van der Waals surface area contributed by atoms with Gasteiger partial charge in [-0.3, -0.25) is 14.9 Å². The molecule has 12 heteroatoms. The molecule has 0 spiro atoms. The molecule has 0 fully saturated rings. The zero-order valence-electron chi connectivity index (χ0n) is 16.6. The van der Waals surface area contributed by atoms with Crippen LogP contribution in [-0.2, 0) is 29.5 Å². The number of hydrogen-bond donors (Lipinski definition) is 2. The van der Waals surface area contributed by atoms with Crippen molar-refractivity contribution in [3.63, 3.8) is 0 Å². The standard InChI is InChI=1S/C18H20ClN7O2S2/c1-4-16-23-24-17(30-16)21-15(28)9-29-18-25-22-13(26(18)3)8-14(27)20-11-6-5-10(2)12(19)7-11/h5-7H,4,8-9H2,1-3H3,(H,20,27)(H,21,24,28). The quantitative estimate of drug-likeness (QED) is 0.491. The molecule has 3 rings (SSSR count). The van der Waals surface area contributed by atoms with Crippen LogP contribution in [0.25, 0.3) is 0 Å². The zero-order valence-corrected chi connectivity index (χ0v) is 19.0. The number of aryl methyl sites for hydroxylation is 2. The Morgan fingerprint density at radius 3 is 2.67 bits per heavy atom. The molecule has 0 bridgehead atoms. The van der Waals surface area contributed by atoms with Crippen molar-refractivity contribution in [1.29, 1.82) is 0 Å². The maximum atomic E-state index is 12.3. The fourth-order valence-electron chi connectivity index (χ4n) is 2.38. The second-order valence-corrected chi connectivity index (χ2v) is 8.75. The van der Waals surface area contributed by atoms with E-state index in [1.807, 2.05) is 19.9 Å². The molecule has 0 aliphatic heterocycles. The van der Waals surface area contributed by atoms with Crippen molar-refractivity contribution in [1.82, 2.24) is 25.0 Å². The molecule has 2 N–H and O–H groups in total. The normalized spacial score (nSPS) is 10.8. The van der Waals surface area contributed by atoms with Crippen LogP contribution in [0.5, 0.6) is 0 Å². The highest BCUT2D eigenvalue weighted by atomic mass is 35.5. The third kappa shape index (κ3) is 5.77. The molecule has 0 unspecified atom stereocenters. The van der Waals surface area contributed by atoms with Crippen LogP contribution < -0.4 is 10.6 Å². The Balaban J connectivity index is 1.52. The van der Waals surface area contributed by atoms with Crippen molar-refractivity contribution in [2.75, 3.05) is 16.4 Å². The number of thioether (sulfide) groups is 1. The lowest BCUT2D eigenvalue weighted by molar-refractivity contribution is -0.116. The Morgan fingerprint density at radius 1 is 1.17 bits per heavy atom. The summed E-state index contributed by atoms with van der Waals surface area (Å²) in [5.74, 6) is 0.187. The number of nitrogens with one attached hydrogen (secondary N) is 2. The fraction of sp³-hybridized carbons (Fsp3) is 0.333. The average molecular weight is 466 g/mol. The Hall–Kier alpha value is -2.50. The van der Waals surface area contributed by atoms with Crippen molar-refractivity contribution < 1.29 is 9.59 Å². The van der Waals surface area contributed by atoms with E-state index in [1.54, 1.807) is 23.7 Å². The Kier molecular flexibility index (Phi) is 7.40. The highest BCUT2D eigenvalue weighted by Gasteiger charge is 2.15. The summed E-state index contributed by atoms with van der Waals surface area (Å²) in [6.45, 7) is 3.87. The maximum absolute atomic E-state index is 12.3. The third-order valence-electron chi connectivity index (χ3n) is 4.05. The summed E-state index contributed by atoms with van der Waals surface area (Å²) < 4.78 is 1.69. The molecule has 0 saturated heterocycles. The number of rotatable bonds is 8. The number of hydrogen-bond acceptors (Lipinski definition) is 8. The Morgan fingerprint density at radius 2 is 1.97 bits per heavy atom. The van der Waals surface area contributed by atoms with Crippen molar-refractivity contribution in [3.8, 4) is 0 Å². The minimum absolute atomic E-state index is 0.0479. The Labute approximate surface area is 186 Å². The lowest BCUT2D eigenvalue weighted by Crippen LogP contribution is -2.17. The highest BCUT2D eigenvalue weighted by molar-refractivity contribution is 7.99. The van der Waals surface area contributed by atoms with E-state index in [0.29, 0.717) is 26.8 Å². The molecular formula is C18H20ClN7O2S2. The van der Waals surface area contributed by atoms with Gasteiger partial charge in [-0.1, -0.05) is 47.7 Å². The van der Waals surface area contributed by atoms with E-state index in [2.05, 4.69) is 31.0 Å². The molecule has 2 aromatic heterocycles. The summed E-state index contributed by atoms with van der Waals surface area (Å²) in [4.78, 5) is 24.4. The second kappa shape index (κ2) is 10.0. The van der Waals surface area contributed by atoms with Crippen LogP contribution in [0, 0.1) is 6.92 Å². The molecule has 2 amide bonds. The third-order valence-corrected chi connectivity index (χ3v) is 6.46. The first kappa shape index (κ1) is 22.2. The van der Waals surface area contributed by atoms with Crippen LogP contribution in [0.4, 0.5) is 10.8 Å². The summed E-state index contributed by atoms with van der Waals surface area (Å²) in [6.07, 6.45) is 0.820. The van der Waals surface area contributed by atoms with E-state index in [9.17, 15) is 9.59 Å². The van der Waals surface area contributed by atoms with Gasteiger partial charge in [0.15, 0.2) is 5.16 Å². The number of aromatic nitrogens is 5. The zero-order chi connectivity index (χ0) is 21.7. The van der Waals surface area contributed by atoms with E-state index in [1.165, 1.54) is 23.1 Å². The molecular weight excluding hydrogens is 446 g/mol.